The zero-order valence-electron chi connectivity index (χ0n) is 11.9. The smallest absolute Gasteiger partial charge is 0.283 e. The summed E-state index contributed by atoms with van der Waals surface area (Å²) in [6, 6.07) is 9.13. The Balaban J connectivity index is 2.24. The summed E-state index contributed by atoms with van der Waals surface area (Å²) in [5.41, 5.74) is 1.09. The van der Waals surface area contributed by atoms with Crippen molar-refractivity contribution in [2.45, 2.75) is 19.8 Å². The maximum atomic E-state index is 12.7. The molecule has 2 heterocycles. The molecule has 0 radical (unpaired) electrons. The zero-order chi connectivity index (χ0) is 15.1. The van der Waals surface area contributed by atoms with Crippen LogP contribution in [0.4, 0.5) is 5.69 Å². The van der Waals surface area contributed by atoms with Crippen molar-refractivity contribution in [1.29, 1.82) is 0 Å². The summed E-state index contributed by atoms with van der Waals surface area (Å²) in [6.45, 7) is 1.73. The second-order valence-electron chi connectivity index (χ2n) is 5.03. The van der Waals surface area contributed by atoms with Gasteiger partial charge in [-0.25, -0.2) is 9.58 Å². The second-order valence-corrected chi connectivity index (χ2v) is 5.03. The van der Waals surface area contributed by atoms with Crippen LogP contribution in [0.5, 0.6) is 0 Å². The molecule has 6 heteroatoms. The molecular formula is C15H15N3O3. The third kappa shape index (κ3) is 1.91. The first-order valence-corrected chi connectivity index (χ1v) is 6.72. The van der Waals surface area contributed by atoms with Crippen LogP contribution in [0, 0.1) is 6.92 Å². The highest BCUT2D eigenvalue weighted by molar-refractivity contribution is 6.20. The molecule has 0 unspecified atom stereocenters. The highest BCUT2D eigenvalue weighted by atomic mass is 16.2. The number of hydrogen-bond donors (Lipinski definition) is 0. The van der Waals surface area contributed by atoms with Crippen LogP contribution in [0.3, 0.4) is 0 Å². The van der Waals surface area contributed by atoms with Crippen LogP contribution in [-0.4, -0.2) is 21.2 Å². The van der Waals surface area contributed by atoms with E-state index in [1.807, 2.05) is 18.2 Å². The third-order valence-corrected chi connectivity index (χ3v) is 3.80. The number of imide groups is 1. The Morgan fingerprint density at radius 2 is 1.52 bits per heavy atom. The standard InChI is InChI=1S/C15H15N3O3/c1-10-14(17-12(19)8-9-13(17)20)15(21)18(16(10)2)11-6-4-3-5-7-11/h3-7H,8-9H2,1-2H3. The Hall–Kier alpha value is -2.63. The number of nitrogens with zero attached hydrogens (tertiary/aromatic N) is 3. The molecule has 2 aromatic rings. The Kier molecular flexibility index (Phi) is 3.01. The molecule has 0 saturated carbocycles. The predicted molar refractivity (Wildman–Crippen MR) is 77.5 cm³/mol. The van der Waals surface area contributed by atoms with Gasteiger partial charge < -0.3 is 0 Å². The highest BCUT2D eigenvalue weighted by Crippen LogP contribution is 2.24. The van der Waals surface area contributed by atoms with Gasteiger partial charge in [0.15, 0.2) is 0 Å². The number of carbonyl (C=O) groups excluding carboxylic acids is 2. The minimum absolute atomic E-state index is 0.161. The van der Waals surface area contributed by atoms with Crippen molar-refractivity contribution in [2.24, 2.45) is 7.05 Å². The van der Waals surface area contributed by atoms with Gasteiger partial charge in [-0.15, -0.1) is 0 Å². The van der Waals surface area contributed by atoms with E-state index < -0.39 is 0 Å². The topological polar surface area (TPSA) is 64.3 Å². The lowest BCUT2D eigenvalue weighted by Crippen LogP contribution is -2.33. The predicted octanol–water partition coefficient (Wildman–Crippen LogP) is 1.14. The third-order valence-electron chi connectivity index (χ3n) is 3.80. The van der Waals surface area contributed by atoms with Gasteiger partial charge in [0.1, 0.15) is 5.69 Å². The largest absolute Gasteiger partial charge is 0.296 e. The van der Waals surface area contributed by atoms with Crippen LogP contribution in [0.2, 0.25) is 0 Å². The fourth-order valence-electron chi connectivity index (χ4n) is 2.64. The van der Waals surface area contributed by atoms with Crippen molar-refractivity contribution in [3.8, 4) is 5.69 Å². The van der Waals surface area contributed by atoms with E-state index in [4.69, 9.17) is 0 Å². The summed E-state index contributed by atoms with van der Waals surface area (Å²) in [5, 5.41) is 0. The van der Waals surface area contributed by atoms with E-state index >= 15 is 0 Å². The summed E-state index contributed by atoms with van der Waals surface area (Å²) < 4.78 is 3.12. The number of amides is 2. The van der Waals surface area contributed by atoms with E-state index in [1.165, 1.54) is 4.68 Å². The Labute approximate surface area is 121 Å². The fourth-order valence-corrected chi connectivity index (χ4v) is 2.64. The Bertz CT molecular complexity index is 770. The molecule has 0 atom stereocenters. The van der Waals surface area contributed by atoms with Gasteiger partial charge in [-0.05, 0) is 19.1 Å². The minimum atomic E-state index is -0.357. The number of hydrogen-bond acceptors (Lipinski definition) is 3. The molecule has 108 valence electrons. The van der Waals surface area contributed by atoms with E-state index in [9.17, 15) is 14.4 Å². The summed E-state index contributed by atoms with van der Waals surface area (Å²) >= 11 is 0. The molecule has 1 aliphatic heterocycles. The van der Waals surface area contributed by atoms with Crippen LogP contribution < -0.4 is 10.5 Å². The van der Waals surface area contributed by atoms with Crippen molar-refractivity contribution < 1.29 is 9.59 Å². The van der Waals surface area contributed by atoms with E-state index in [2.05, 4.69) is 0 Å². The quantitative estimate of drug-likeness (QED) is 0.777. The van der Waals surface area contributed by atoms with Crippen LogP contribution in [0.15, 0.2) is 35.1 Å². The monoisotopic (exact) mass is 285 g/mol. The first-order valence-electron chi connectivity index (χ1n) is 6.72. The molecule has 6 nitrogen and oxygen atoms in total. The minimum Gasteiger partial charge on any atom is -0.283 e. The first-order chi connectivity index (χ1) is 10.0. The Morgan fingerprint density at radius 3 is 2.10 bits per heavy atom. The van der Waals surface area contributed by atoms with Crippen LogP contribution >= 0.6 is 0 Å². The molecular weight excluding hydrogens is 270 g/mol. The lowest BCUT2D eigenvalue weighted by atomic mass is 10.3. The van der Waals surface area contributed by atoms with Crippen molar-refractivity contribution in [1.82, 2.24) is 9.36 Å². The molecule has 1 aromatic heterocycles. The summed E-state index contributed by atoms with van der Waals surface area (Å²) in [4.78, 5) is 37.5. The van der Waals surface area contributed by atoms with Gasteiger partial charge in [-0.1, -0.05) is 18.2 Å². The first kappa shape index (κ1) is 13.4. The molecule has 0 aliphatic carbocycles. The molecule has 1 fully saturated rings. The molecule has 0 N–H and O–H groups in total. The number of carbonyl (C=O) groups is 2. The molecule has 21 heavy (non-hydrogen) atoms. The summed E-state index contributed by atoms with van der Waals surface area (Å²) in [5.74, 6) is -0.628. The normalized spacial score (nSPS) is 15.0. The average molecular weight is 285 g/mol. The van der Waals surface area contributed by atoms with Crippen molar-refractivity contribution in [2.75, 3.05) is 4.90 Å². The number of rotatable bonds is 2. The van der Waals surface area contributed by atoms with Crippen LogP contribution in [0.1, 0.15) is 18.5 Å². The van der Waals surface area contributed by atoms with Gasteiger partial charge in [0.05, 0.1) is 11.4 Å². The number of para-hydroxylation sites is 1. The summed E-state index contributed by atoms with van der Waals surface area (Å²) in [6.07, 6.45) is 0.329. The highest BCUT2D eigenvalue weighted by Gasteiger charge is 2.35. The van der Waals surface area contributed by atoms with Crippen LogP contribution in [-0.2, 0) is 16.6 Å². The fraction of sp³-hybridized carbons (Fsp3) is 0.267. The molecule has 0 spiro atoms. The molecule has 3 rings (SSSR count). The molecule has 2 amide bonds. The number of benzene rings is 1. The maximum Gasteiger partial charge on any atom is 0.296 e. The lowest BCUT2D eigenvalue weighted by Gasteiger charge is -2.11. The molecule has 0 bridgehead atoms. The van der Waals surface area contributed by atoms with Gasteiger partial charge in [0.2, 0.25) is 11.8 Å². The SMILES string of the molecule is Cc1c(N2C(=O)CCC2=O)c(=O)n(-c2ccccc2)n1C. The van der Waals surface area contributed by atoms with Gasteiger partial charge in [-0.2, -0.15) is 0 Å². The average Bonchev–Trinajstić information content (AvgIpc) is 2.90. The maximum absolute atomic E-state index is 12.7. The molecule has 1 aliphatic rings. The zero-order valence-corrected chi connectivity index (χ0v) is 11.9. The van der Waals surface area contributed by atoms with Crippen molar-refractivity contribution in [3.63, 3.8) is 0 Å². The second kappa shape index (κ2) is 4.73. The molecule has 1 aromatic carbocycles. The summed E-state index contributed by atoms with van der Waals surface area (Å²) in [7, 11) is 1.73. The van der Waals surface area contributed by atoms with Crippen molar-refractivity contribution >= 4 is 17.5 Å². The van der Waals surface area contributed by atoms with E-state index in [0.29, 0.717) is 11.4 Å². The number of anilines is 1. The lowest BCUT2D eigenvalue weighted by molar-refractivity contribution is -0.121. The van der Waals surface area contributed by atoms with E-state index in [1.54, 1.807) is 30.8 Å². The number of aromatic nitrogens is 2. The van der Waals surface area contributed by atoms with Gasteiger partial charge in [0, 0.05) is 19.9 Å². The van der Waals surface area contributed by atoms with Gasteiger partial charge >= 0.3 is 0 Å². The van der Waals surface area contributed by atoms with Crippen molar-refractivity contribution in [3.05, 3.63) is 46.4 Å². The van der Waals surface area contributed by atoms with Crippen LogP contribution in [0.25, 0.3) is 5.69 Å². The molecule has 1 saturated heterocycles. The van der Waals surface area contributed by atoms with Gasteiger partial charge in [0.25, 0.3) is 5.56 Å². The van der Waals surface area contributed by atoms with E-state index in [0.717, 1.165) is 4.90 Å². The van der Waals surface area contributed by atoms with Gasteiger partial charge in [-0.3, -0.25) is 19.1 Å². The Morgan fingerprint density at radius 1 is 0.952 bits per heavy atom. The van der Waals surface area contributed by atoms with E-state index in [-0.39, 0.29) is 35.9 Å².